The molecule has 0 spiro atoms. The van der Waals surface area contributed by atoms with E-state index in [0.717, 1.165) is 25.9 Å². The summed E-state index contributed by atoms with van der Waals surface area (Å²) in [5.41, 5.74) is 0. The van der Waals surface area contributed by atoms with Gasteiger partial charge in [0.2, 0.25) is 0 Å². The number of carbonyl (C=O) groups excluding carboxylic acids is 1. The smallest absolute Gasteiger partial charge is 0.0770 e. The summed E-state index contributed by atoms with van der Waals surface area (Å²) in [7, 11) is 0. The Labute approximate surface area is 87.1 Å². The van der Waals surface area contributed by atoms with Gasteiger partial charge in [-0.05, 0) is 32.6 Å². The first-order valence-corrected chi connectivity index (χ1v) is 5.74. The molecule has 1 unspecified atom stereocenters. The van der Waals surface area contributed by atoms with Gasteiger partial charge in [-0.2, -0.15) is 0 Å². The normalized spacial score (nSPS) is 12.7. The van der Waals surface area contributed by atoms with Crippen molar-refractivity contribution in [3.8, 4) is 0 Å². The summed E-state index contributed by atoms with van der Waals surface area (Å²) in [6.07, 6.45) is 4.48. The molecule has 0 aliphatic heterocycles. The van der Waals surface area contributed by atoms with Crippen LogP contribution in [0.1, 0.15) is 46.0 Å². The van der Waals surface area contributed by atoms with E-state index in [-0.39, 0.29) is 6.42 Å². The predicted octanol–water partition coefficient (Wildman–Crippen LogP) is -0.388. The number of carboxylic acids is 1. The number of aliphatic carboxylic acids is 1. The molecule has 0 heterocycles. The van der Waals surface area contributed by atoms with E-state index >= 15 is 0 Å². The minimum atomic E-state index is -0.920. The lowest BCUT2D eigenvalue weighted by atomic mass is 10.2. The molecule has 1 N–H and O–H groups in total. The van der Waals surface area contributed by atoms with Crippen molar-refractivity contribution in [2.75, 3.05) is 19.6 Å². The average molecular weight is 201 g/mol. The van der Waals surface area contributed by atoms with Gasteiger partial charge in [0.15, 0.2) is 0 Å². The van der Waals surface area contributed by atoms with Crippen LogP contribution in [-0.4, -0.2) is 25.6 Å². The van der Waals surface area contributed by atoms with Gasteiger partial charge in [-0.3, -0.25) is 0 Å². The van der Waals surface area contributed by atoms with Gasteiger partial charge in [-0.25, -0.2) is 0 Å². The molecule has 0 saturated heterocycles. The van der Waals surface area contributed by atoms with Crippen molar-refractivity contribution < 1.29 is 14.8 Å². The second-order valence-electron chi connectivity index (χ2n) is 3.79. The van der Waals surface area contributed by atoms with E-state index in [4.69, 9.17) is 0 Å². The number of carbonyl (C=O) groups is 1. The van der Waals surface area contributed by atoms with Gasteiger partial charge in [-0.15, -0.1) is 0 Å². The summed E-state index contributed by atoms with van der Waals surface area (Å²) in [6.45, 7) is 7.85. The Kier molecular flexibility index (Phi) is 8.64. The molecule has 0 aliphatic carbocycles. The zero-order valence-electron chi connectivity index (χ0n) is 9.47. The molecule has 1 atom stereocenters. The Balaban J connectivity index is 3.37. The van der Waals surface area contributed by atoms with Gasteiger partial charge in [-0.1, -0.05) is 13.3 Å². The summed E-state index contributed by atoms with van der Waals surface area (Å²) >= 11 is 0. The zero-order chi connectivity index (χ0) is 10.8. The lowest BCUT2D eigenvalue weighted by Crippen LogP contribution is -3.11. The van der Waals surface area contributed by atoms with Crippen LogP contribution in [0.2, 0.25) is 0 Å². The number of unbranched alkanes of at least 4 members (excludes halogenated alkanes) is 2. The van der Waals surface area contributed by atoms with Crippen molar-refractivity contribution in [1.29, 1.82) is 0 Å². The largest absolute Gasteiger partial charge is 0.550 e. The molecule has 0 saturated carbocycles. The maximum atomic E-state index is 10.2. The van der Waals surface area contributed by atoms with Crippen LogP contribution in [0.15, 0.2) is 0 Å². The van der Waals surface area contributed by atoms with Crippen LogP contribution in [0.3, 0.4) is 0 Å². The molecule has 0 radical (unpaired) electrons. The molecule has 3 nitrogen and oxygen atoms in total. The molecule has 0 bridgehead atoms. The summed E-state index contributed by atoms with van der Waals surface area (Å²) in [5.74, 6) is -0.920. The third kappa shape index (κ3) is 8.05. The maximum absolute atomic E-state index is 10.2. The fourth-order valence-corrected chi connectivity index (χ4v) is 1.55. The summed E-state index contributed by atoms with van der Waals surface area (Å²) in [4.78, 5) is 11.8. The van der Waals surface area contributed by atoms with E-state index in [2.05, 4.69) is 13.8 Å². The van der Waals surface area contributed by atoms with Crippen LogP contribution < -0.4 is 10.0 Å². The number of quaternary nitrogens is 1. The van der Waals surface area contributed by atoms with Gasteiger partial charge >= 0.3 is 0 Å². The third-order valence-electron chi connectivity index (χ3n) is 2.55. The third-order valence-corrected chi connectivity index (χ3v) is 2.55. The number of hydrogen-bond acceptors (Lipinski definition) is 2. The van der Waals surface area contributed by atoms with E-state index in [1.54, 1.807) is 4.90 Å². The molecule has 0 aliphatic rings. The Bertz CT molecular complexity index is 148. The summed E-state index contributed by atoms with van der Waals surface area (Å²) in [5, 5.41) is 10.2. The molecule has 0 aromatic rings. The molecule has 14 heavy (non-hydrogen) atoms. The lowest BCUT2D eigenvalue weighted by Gasteiger charge is -2.17. The highest BCUT2D eigenvalue weighted by Crippen LogP contribution is 1.90. The van der Waals surface area contributed by atoms with Crippen molar-refractivity contribution in [2.45, 2.75) is 46.0 Å². The summed E-state index contributed by atoms with van der Waals surface area (Å²) < 4.78 is 0. The summed E-state index contributed by atoms with van der Waals surface area (Å²) in [6, 6.07) is 0. The molecule has 84 valence electrons. The van der Waals surface area contributed by atoms with Crippen LogP contribution in [-0.2, 0) is 4.79 Å². The van der Waals surface area contributed by atoms with E-state index in [0.29, 0.717) is 0 Å². The quantitative estimate of drug-likeness (QED) is 0.516. The minimum Gasteiger partial charge on any atom is -0.550 e. The van der Waals surface area contributed by atoms with Gasteiger partial charge < -0.3 is 14.8 Å². The number of hydrogen-bond donors (Lipinski definition) is 1. The van der Waals surface area contributed by atoms with Crippen molar-refractivity contribution in [1.82, 2.24) is 0 Å². The van der Waals surface area contributed by atoms with Gasteiger partial charge in [0.25, 0.3) is 0 Å². The van der Waals surface area contributed by atoms with E-state index in [1.807, 2.05) is 0 Å². The van der Waals surface area contributed by atoms with Crippen LogP contribution >= 0.6 is 0 Å². The number of carboxylic acid groups (broad SMARTS) is 1. The maximum Gasteiger partial charge on any atom is 0.0770 e. The standard InChI is InChI=1S/C11H23NO2/c1-3-5-9-12(4-2)10-7-6-8-11(13)14/h3-10H2,1-2H3,(H,13,14). The molecular formula is C11H23NO2. The molecule has 3 heteroatoms. The zero-order valence-corrected chi connectivity index (χ0v) is 9.47. The highest BCUT2D eigenvalue weighted by atomic mass is 16.4. The van der Waals surface area contributed by atoms with Gasteiger partial charge in [0.1, 0.15) is 0 Å². The SMILES string of the molecule is CCCC[NH+](CC)CCCCC(=O)[O-]. The second kappa shape index (κ2) is 9.00. The minimum absolute atomic E-state index is 0.213. The predicted molar refractivity (Wildman–Crippen MR) is 55.0 cm³/mol. The number of rotatable bonds is 9. The Morgan fingerprint density at radius 2 is 1.79 bits per heavy atom. The average Bonchev–Trinajstić information content (AvgIpc) is 2.16. The van der Waals surface area contributed by atoms with Crippen LogP contribution in [0.5, 0.6) is 0 Å². The number of nitrogens with one attached hydrogen (secondary N) is 1. The fraction of sp³-hybridized carbons (Fsp3) is 0.909. The van der Waals surface area contributed by atoms with E-state index < -0.39 is 5.97 Å². The van der Waals surface area contributed by atoms with Gasteiger partial charge in [0.05, 0.1) is 19.6 Å². The first-order valence-electron chi connectivity index (χ1n) is 5.74. The topological polar surface area (TPSA) is 44.6 Å². The van der Waals surface area contributed by atoms with Crippen molar-refractivity contribution in [2.24, 2.45) is 0 Å². The molecule has 0 aromatic heterocycles. The first kappa shape index (κ1) is 13.4. The monoisotopic (exact) mass is 201 g/mol. The van der Waals surface area contributed by atoms with Crippen molar-refractivity contribution in [3.05, 3.63) is 0 Å². The van der Waals surface area contributed by atoms with Crippen LogP contribution in [0.25, 0.3) is 0 Å². The molecule has 0 rings (SSSR count). The highest BCUT2D eigenvalue weighted by Gasteiger charge is 2.03. The second-order valence-corrected chi connectivity index (χ2v) is 3.79. The van der Waals surface area contributed by atoms with Gasteiger partial charge in [0, 0.05) is 5.97 Å². The molecule has 0 amide bonds. The Hall–Kier alpha value is -0.570. The Morgan fingerprint density at radius 3 is 2.29 bits per heavy atom. The molecule has 0 aromatic carbocycles. The Morgan fingerprint density at radius 1 is 1.14 bits per heavy atom. The molecule has 0 fully saturated rings. The fourth-order valence-electron chi connectivity index (χ4n) is 1.55. The van der Waals surface area contributed by atoms with Crippen LogP contribution in [0.4, 0.5) is 0 Å². The van der Waals surface area contributed by atoms with Crippen molar-refractivity contribution >= 4 is 5.97 Å². The van der Waals surface area contributed by atoms with E-state index in [9.17, 15) is 9.90 Å². The highest BCUT2D eigenvalue weighted by molar-refractivity contribution is 5.63. The molecular weight excluding hydrogens is 178 g/mol. The van der Waals surface area contributed by atoms with Crippen LogP contribution in [0, 0.1) is 0 Å². The van der Waals surface area contributed by atoms with E-state index in [1.165, 1.54) is 19.4 Å². The lowest BCUT2D eigenvalue weighted by molar-refractivity contribution is -0.898. The first-order chi connectivity index (χ1) is 6.70. The van der Waals surface area contributed by atoms with Crippen molar-refractivity contribution in [3.63, 3.8) is 0 Å².